The average molecular weight is 496 g/mol. The van der Waals surface area contributed by atoms with Gasteiger partial charge in [0.15, 0.2) is 6.61 Å². The summed E-state index contributed by atoms with van der Waals surface area (Å²) in [6.45, 7) is -0.278. The number of methoxy groups -OCH3 is 1. The minimum Gasteiger partial charge on any atom is -0.495 e. The number of nitrogens with one attached hydrogen (secondary N) is 2. The second-order valence-corrected chi connectivity index (χ2v) is 7.70. The molecule has 0 heterocycles. The fourth-order valence-corrected chi connectivity index (χ4v) is 3.22. The van der Waals surface area contributed by atoms with Gasteiger partial charge in [0.05, 0.1) is 17.8 Å². The van der Waals surface area contributed by atoms with Crippen molar-refractivity contribution >= 4 is 52.5 Å². The largest absolute Gasteiger partial charge is 0.495 e. The number of para-hydroxylation sites is 2. The van der Waals surface area contributed by atoms with Crippen molar-refractivity contribution in [1.82, 2.24) is 0 Å². The maximum Gasteiger partial charge on any atom is 0.266 e. The highest BCUT2D eigenvalue weighted by atomic mass is 35.5. The zero-order valence-electron chi connectivity index (χ0n) is 18.0. The predicted molar refractivity (Wildman–Crippen MR) is 132 cm³/mol. The standard InChI is InChI=1S/C25H19Cl2N3O4/c1-33-23-5-3-2-4-21(23)30-24(31)15-34-22-11-6-16(13-20(22)27)12-17(14-28)25(32)29-19-9-7-18(26)8-10-19/h2-13H,15H2,1H3,(H,29,32)(H,30,31)/b17-12-. The molecule has 172 valence electrons. The molecule has 0 radical (unpaired) electrons. The number of rotatable bonds is 8. The molecule has 0 aliphatic carbocycles. The topological polar surface area (TPSA) is 100 Å². The molecule has 0 unspecified atom stereocenters. The van der Waals surface area contributed by atoms with Crippen LogP contribution in [-0.2, 0) is 9.59 Å². The molecule has 0 atom stereocenters. The van der Waals surface area contributed by atoms with Crippen molar-refractivity contribution in [2.75, 3.05) is 24.4 Å². The van der Waals surface area contributed by atoms with Crippen molar-refractivity contribution in [2.24, 2.45) is 0 Å². The molecule has 0 aromatic heterocycles. The monoisotopic (exact) mass is 495 g/mol. The summed E-state index contributed by atoms with van der Waals surface area (Å²) in [4.78, 5) is 24.6. The lowest BCUT2D eigenvalue weighted by Crippen LogP contribution is -2.20. The molecule has 2 amide bonds. The summed E-state index contributed by atoms with van der Waals surface area (Å²) in [6, 6.07) is 20.1. The van der Waals surface area contributed by atoms with E-state index >= 15 is 0 Å². The SMILES string of the molecule is COc1ccccc1NC(=O)COc1ccc(/C=C(/C#N)C(=O)Nc2ccc(Cl)cc2)cc1Cl. The Kier molecular flexibility index (Phi) is 8.52. The van der Waals surface area contributed by atoms with E-state index in [-0.39, 0.29) is 23.0 Å². The molecule has 3 rings (SSSR count). The van der Waals surface area contributed by atoms with E-state index < -0.39 is 11.8 Å². The number of benzene rings is 3. The average Bonchev–Trinajstić information content (AvgIpc) is 2.83. The molecule has 2 N–H and O–H groups in total. The Morgan fingerprint density at radius 3 is 2.41 bits per heavy atom. The maximum absolute atomic E-state index is 12.4. The minimum atomic E-state index is -0.575. The van der Waals surface area contributed by atoms with E-state index in [4.69, 9.17) is 32.7 Å². The fourth-order valence-electron chi connectivity index (χ4n) is 2.85. The summed E-state index contributed by atoms with van der Waals surface area (Å²) in [5.74, 6) is -0.166. The van der Waals surface area contributed by atoms with E-state index in [0.717, 1.165) is 0 Å². The summed E-state index contributed by atoms with van der Waals surface area (Å²) in [5.41, 5.74) is 1.42. The van der Waals surface area contributed by atoms with Crippen LogP contribution in [0.1, 0.15) is 5.56 Å². The second-order valence-electron chi connectivity index (χ2n) is 6.86. The van der Waals surface area contributed by atoms with Gasteiger partial charge in [0, 0.05) is 10.7 Å². The van der Waals surface area contributed by atoms with E-state index in [1.54, 1.807) is 60.7 Å². The van der Waals surface area contributed by atoms with Gasteiger partial charge in [-0.05, 0) is 60.2 Å². The molecule has 0 saturated heterocycles. The van der Waals surface area contributed by atoms with Gasteiger partial charge < -0.3 is 20.1 Å². The quantitative estimate of drug-likeness (QED) is 0.314. The number of amides is 2. The molecule has 3 aromatic rings. The third-order valence-corrected chi connectivity index (χ3v) is 5.02. The number of anilines is 2. The zero-order chi connectivity index (χ0) is 24.5. The van der Waals surface area contributed by atoms with Gasteiger partial charge in [-0.15, -0.1) is 0 Å². The lowest BCUT2D eigenvalue weighted by molar-refractivity contribution is -0.118. The van der Waals surface area contributed by atoms with Crippen LogP contribution >= 0.6 is 23.2 Å². The Labute approximate surface area is 206 Å². The highest BCUT2D eigenvalue weighted by Crippen LogP contribution is 2.27. The number of nitriles is 1. The molecular formula is C25H19Cl2N3O4. The van der Waals surface area contributed by atoms with E-state index in [1.165, 1.54) is 19.3 Å². The Balaban J connectivity index is 1.63. The molecule has 0 aliphatic heterocycles. The predicted octanol–water partition coefficient (Wildman–Crippen LogP) is 5.57. The summed E-state index contributed by atoms with van der Waals surface area (Å²) in [5, 5.41) is 15.5. The van der Waals surface area contributed by atoms with Crippen LogP contribution in [0.4, 0.5) is 11.4 Å². The lowest BCUT2D eigenvalue weighted by atomic mass is 10.1. The Morgan fingerprint density at radius 1 is 1.00 bits per heavy atom. The zero-order valence-corrected chi connectivity index (χ0v) is 19.5. The smallest absolute Gasteiger partial charge is 0.266 e. The van der Waals surface area contributed by atoms with E-state index in [2.05, 4.69) is 10.6 Å². The van der Waals surface area contributed by atoms with Crippen LogP contribution in [0.5, 0.6) is 11.5 Å². The van der Waals surface area contributed by atoms with Gasteiger partial charge in [-0.2, -0.15) is 5.26 Å². The first-order valence-electron chi connectivity index (χ1n) is 9.93. The van der Waals surface area contributed by atoms with Gasteiger partial charge in [0.25, 0.3) is 11.8 Å². The van der Waals surface area contributed by atoms with Gasteiger partial charge in [0.1, 0.15) is 23.1 Å². The number of carbonyl (C=O) groups is 2. The number of ether oxygens (including phenoxy) is 2. The molecule has 7 nitrogen and oxygen atoms in total. The third kappa shape index (κ3) is 6.75. The van der Waals surface area contributed by atoms with Gasteiger partial charge in [-0.3, -0.25) is 9.59 Å². The van der Waals surface area contributed by atoms with Gasteiger partial charge >= 0.3 is 0 Å². The van der Waals surface area contributed by atoms with Crippen LogP contribution in [0.25, 0.3) is 6.08 Å². The van der Waals surface area contributed by atoms with Crippen molar-refractivity contribution in [1.29, 1.82) is 5.26 Å². The molecule has 0 fully saturated rings. The van der Waals surface area contributed by atoms with E-state index in [1.807, 2.05) is 6.07 Å². The molecule has 3 aromatic carbocycles. The molecule has 0 spiro atoms. The normalized spacial score (nSPS) is 10.7. The number of nitrogens with zero attached hydrogens (tertiary/aromatic N) is 1. The first-order chi connectivity index (χ1) is 16.4. The molecule has 0 saturated carbocycles. The van der Waals surface area contributed by atoms with Crippen LogP contribution in [0.2, 0.25) is 10.0 Å². The molecule has 0 aliphatic rings. The first kappa shape index (κ1) is 24.6. The van der Waals surface area contributed by atoms with E-state index in [9.17, 15) is 14.9 Å². The van der Waals surface area contributed by atoms with Crippen LogP contribution in [0.3, 0.4) is 0 Å². The number of hydrogen-bond donors (Lipinski definition) is 2. The summed E-state index contributed by atoms with van der Waals surface area (Å²) in [7, 11) is 1.51. The van der Waals surface area contributed by atoms with Crippen molar-refractivity contribution in [3.8, 4) is 17.6 Å². The summed E-state index contributed by atoms with van der Waals surface area (Å²) in [6.07, 6.45) is 1.40. The molecule has 34 heavy (non-hydrogen) atoms. The number of halogens is 2. The Morgan fingerprint density at radius 2 is 1.74 bits per heavy atom. The lowest BCUT2D eigenvalue weighted by Gasteiger charge is -2.11. The summed E-state index contributed by atoms with van der Waals surface area (Å²) >= 11 is 12.1. The van der Waals surface area contributed by atoms with Crippen molar-refractivity contribution in [3.63, 3.8) is 0 Å². The van der Waals surface area contributed by atoms with Gasteiger partial charge in [-0.1, -0.05) is 41.4 Å². The summed E-state index contributed by atoms with van der Waals surface area (Å²) < 4.78 is 10.7. The minimum absolute atomic E-state index is 0.115. The highest BCUT2D eigenvalue weighted by Gasteiger charge is 2.12. The molecule has 0 bridgehead atoms. The number of hydrogen-bond acceptors (Lipinski definition) is 5. The fraction of sp³-hybridized carbons (Fsp3) is 0.0800. The van der Waals surface area contributed by atoms with Crippen LogP contribution in [0, 0.1) is 11.3 Å². The van der Waals surface area contributed by atoms with Crippen molar-refractivity contribution in [3.05, 3.63) is 87.9 Å². The van der Waals surface area contributed by atoms with Crippen molar-refractivity contribution < 1.29 is 19.1 Å². The van der Waals surface area contributed by atoms with Crippen molar-refractivity contribution in [2.45, 2.75) is 0 Å². The van der Waals surface area contributed by atoms with Crippen LogP contribution in [-0.4, -0.2) is 25.5 Å². The molecular weight excluding hydrogens is 477 g/mol. The second kappa shape index (κ2) is 11.8. The van der Waals surface area contributed by atoms with Gasteiger partial charge in [-0.25, -0.2) is 0 Å². The Hall–Kier alpha value is -3.99. The first-order valence-corrected chi connectivity index (χ1v) is 10.7. The van der Waals surface area contributed by atoms with E-state index in [0.29, 0.717) is 27.7 Å². The van der Waals surface area contributed by atoms with Gasteiger partial charge in [0.2, 0.25) is 0 Å². The number of carbonyl (C=O) groups excluding carboxylic acids is 2. The van der Waals surface area contributed by atoms with Crippen LogP contribution < -0.4 is 20.1 Å². The van der Waals surface area contributed by atoms with Crippen LogP contribution in [0.15, 0.2) is 72.3 Å². The Bertz CT molecular complexity index is 1270. The third-order valence-electron chi connectivity index (χ3n) is 4.47. The maximum atomic E-state index is 12.4. The molecule has 9 heteroatoms. The highest BCUT2D eigenvalue weighted by molar-refractivity contribution is 6.32.